The Morgan fingerprint density at radius 1 is 1.20 bits per heavy atom. The lowest BCUT2D eigenvalue weighted by molar-refractivity contribution is -0.383. The quantitative estimate of drug-likeness (QED) is 0.690. The molecular weight excluding hydrogens is 280 g/mol. The minimum Gasteiger partial charge on any atom is -0.316 e. The van der Waals surface area contributed by atoms with Crippen LogP contribution in [0.1, 0.15) is 15.9 Å². The predicted molar refractivity (Wildman–Crippen MR) is 77.2 cm³/mol. The van der Waals surface area contributed by atoms with Gasteiger partial charge in [0.1, 0.15) is 5.69 Å². The third-order valence-corrected chi connectivity index (χ3v) is 3.13. The molecule has 0 bridgehead atoms. The van der Waals surface area contributed by atoms with E-state index in [-0.39, 0.29) is 16.9 Å². The molecule has 2 aromatic carbocycles. The van der Waals surface area contributed by atoms with Crippen LogP contribution in [0.15, 0.2) is 42.5 Å². The second-order valence-corrected chi connectivity index (χ2v) is 4.57. The highest BCUT2D eigenvalue weighted by atomic mass is 35.5. The Labute approximate surface area is 120 Å². The highest BCUT2D eigenvalue weighted by Gasteiger charge is 2.19. The molecule has 1 amide bonds. The Morgan fingerprint density at radius 2 is 1.90 bits per heavy atom. The highest BCUT2D eigenvalue weighted by molar-refractivity contribution is 6.34. The van der Waals surface area contributed by atoms with Crippen LogP contribution in [-0.4, -0.2) is 10.8 Å². The number of nitro groups is 1. The Hall–Kier alpha value is -2.40. The van der Waals surface area contributed by atoms with Crippen molar-refractivity contribution < 1.29 is 9.72 Å². The molecule has 0 saturated heterocycles. The molecule has 5 nitrogen and oxygen atoms in total. The van der Waals surface area contributed by atoms with E-state index in [4.69, 9.17) is 11.6 Å². The Kier molecular flexibility index (Phi) is 4.00. The molecule has 20 heavy (non-hydrogen) atoms. The molecule has 0 aliphatic rings. The van der Waals surface area contributed by atoms with E-state index in [9.17, 15) is 14.9 Å². The van der Waals surface area contributed by atoms with Crippen LogP contribution in [0.4, 0.5) is 11.4 Å². The maximum Gasteiger partial charge on any atom is 0.293 e. The van der Waals surface area contributed by atoms with Crippen molar-refractivity contribution in [2.45, 2.75) is 6.92 Å². The van der Waals surface area contributed by atoms with Crippen molar-refractivity contribution in [3.8, 4) is 0 Å². The smallest absolute Gasteiger partial charge is 0.293 e. The third-order valence-electron chi connectivity index (χ3n) is 2.80. The van der Waals surface area contributed by atoms with E-state index in [2.05, 4.69) is 5.32 Å². The number of hydrogen-bond acceptors (Lipinski definition) is 3. The summed E-state index contributed by atoms with van der Waals surface area (Å²) in [6.07, 6.45) is 0. The molecule has 0 saturated carbocycles. The van der Waals surface area contributed by atoms with Gasteiger partial charge < -0.3 is 5.32 Å². The predicted octanol–water partition coefficient (Wildman–Crippen LogP) is 3.81. The van der Waals surface area contributed by atoms with Gasteiger partial charge in [-0.05, 0) is 24.6 Å². The van der Waals surface area contributed by atoms with Gasteiger partial charge in [-0.2, -0.15) is 0 Å². The van der Waals surface area contributed by atoms with Crippen molar-refractivity contribution in [3.63, 3.8) is 0 Å². The lowest BCUT2D eigenvalue weighted by atomic mass is 10.1. The van der Waals surface area contributed by atoms with Crippen molar-refractivity contribution in [2.75, 3.05) is 5.32 Å². The van der Waals surface area contributed by atoms with Gasteiger partial charge in [0, 0.05) is 6.07 Å². The first-order valence-electron chi connectivity index (χ1n) is 5.80. The molecule has 2 rings (SSSR count). The lowest BCUT2D eigenvalue weighted by Crippen LogP contribution is -2.14. The Balaban J connectivity index is 2.38. The molecule has 0 radical (unpaired) electrons. The Morgan fingerprint density at radius 3 is 2.55 bits per heavy atom. The molecule has 1 N–H and O–H groups in total. The van der Waals surface area contributed by atoms with Gasteiger partial charge in [0.25, 0.3) is 11.6 Å². The van der Waals surface area contributed by atoms with Crippen LogP contribution < -0.4 is 5.32 Å². The highest BCUT2D eigenvalue weighted by Crippen LogP contribution is 2.28. The first-order valence-corrected chi connectivity index (χ1v) is 6.18. The molecular formula is C14H11ClN2O3. The molecule has 0 atom stereocenters. The van der Waals surface area contributed by atoms with Crippen molar-refractivity contribution >= 4 is 28.9 Å². The SMILES string of the molecule is Cc1cccc([N+](=O)[O-])c1NC(=O)c1ccccc1Cl. The average Bonchev–Trinajstić information content (AvgIpc) is 2.41. The Bertz CT molecular complexity index is 686. The molecule has 102 valence electrons. The van der Waals surface area contributed by atoms with Crippen LogP contribution in [0.2, 0.25) is 5.02 Å². The van der Waals surface area contributed by atoms with Crippen molar-refractivity contribution in [1.82, 2.24) is 0 Å². The zero-order valence-electron chi connectivity index (χ0n) is 10.6. The summed E-state index contributed by atoms with van der Waals surface area (Å²) in [4.78, 5) is 22.6. The van der Waals surface area contributed by atoms with Gasteiger partial charge in [-0.3, -0.25) is 14.9 Å². The maximum absolute atomic E-state index is 12.1. The number of anilines is 1. The van der Waals surface area contributed by atoms with Gasteiger partial charge in [0.15, 0.2) is 0 Å². The van der Waals surface area contributed by atoms with Crippen molar-refractivity contribution in [1.29, 1.82) is 0 Å². The molecule has 0 fully saturated rings. The van der Waals surface area contributed by atoms with Gasteiger partial charge in [0.05, 0.1) is 15.5 Å². The van der Waals surface area contributed by atoms with E-state index < -0.39 is 10.8 Å². The van der Waals surface area contributed by atoms with Crippen LogP contribution in [0.25, 0.3) is 0 Å². The molecule has 0 spiro atoms. The number of aryl methyl sites for hydroxylation is 1. The summed E-state index contributed by atoms with van der Waals surface area (Å²) in [6, 6.07) is 11.1. The number of amides is 1. The summed E-state index contributed by atoms with van der Waals surface area (Å²) in [5.74, 6) is -0.479. The van der Waals surface area contributed by atoms with Crippen LogP contribution in [0, 0.1) is 17.0 Å². The number of nitrogens with one attached hydrogen (secondary N) is 1. The van der Waals surface area contributed by atoms with Gasteiger partial charge in [-0.1, -0.05) is 35.9 Å². The number of rotatable bonds is 3. The first kappa shape index (κ1) is 14.0. The zero-order valence-corrected chi connectivity index (χ0v) is 11.3. The maximum atomic E-state index is 12.1. The number of hydrogen-bond donors (Lipinski definition) is 1. The normalized spacial score (nSPS) is 10.1. The molecule has 0 unspecified atom stereocenters. The number of para-hydroxylation sites is 1. The standard InChI is InChI=1S/C14H11ClN2O3/c1-9-5-4-8-12(17(19)20)13(9)16-14(18)10-6-2-3-7-11(10)15/h2-8H,1H3,(H,16,18). The third kappa shape index (κ3) is 2.78. The van der Waals surface area contributed by atoms with Crippen LogP contribution in [0.5, 0.6) is 0 Å². The number of carbonyl (C=O) groups is 1. The van der Waals surface area contributed by atoms with Crippen LogP contribution in [-0.2, 0) is 0 Å². The molecule has 6 heteroatoms. The summed E-state index contributed by atoms with van der Waals surface area (Å²) < 4.78 is 0. The number of nitrogens with zero attached hydrogens (tertiary/aromatic N) is 1. The van der Waals surface area contributed by atoms with Gasteiger partial charge in [-0.25, -0.2) is 0 Å². The first-order chi connectivity index (χ1) is 9.50. The fourth-order valence-corrected chi connectivity index (χ4v) is 2.01. The molecule has 2 aromatic rings. The van der Waals surface area contributed by atoms with E-state index in [1.165, 1.54) is 6.07 Å². The number of halogens is 1. The summed E-state index contributed by atoms with van der Waals surface area (Å²) in [7, 11) is 0. The number of benzene rings is 2. The van der Waals surface area contributed by atoms with Crippen LogP contribution in [0.3, 0.4) is 0 Å². The number of carbonyl (C=O) groups excluding carboxylic acids is 1. The van der Waals surface area contributed by atoms with E-state index in [1.54, 1.807) is 43.3 Å². The molecule has 0 aromatic heterocycles. The fourth-order valence-electron chi connectivity index (χ4n) is 1.79. The fraction of sp³-hybridized carbons (Fsp3) is 0.0714. The zero-order chi connectivity index (χ0) is 14.7. The van der Waals surface area contributed by atoms with Crippen molar-refractivity contribution in [2.24, 2.45) is 0 Å². The topological polar surface area (TPSA) is 72.2 Å². The van der Waals surface area contributed by atoms with Gasteiger partial charge in [0.2, 0.25) is 0 Å². The minimum absolute atomic E-state index is 0.148. The lowest BCUT2D eigenvalue weighted by Gasteiger charge is -2.09. The summed E-state index contributed by atoms with van der Waals surface area (Å²) in [5.41, 5.74) is 0.916. The van der Waals surface area contributed by atoms with Gasteiger partial charge >= 0.3 is 0 Å². The monoisotopic (exact) mass is 290 g/mol. The summed E-state index contributed by atoms with van der Waals surface area (Å²) >= 11 is 5.93. The second kappa shape index (κ2) is 5.71. The van der Waals surface area contributed by atoms with E-state index >= 15 is 0 Å². The van der Waals surface area contributed by atoms with E-state index in [1.807, 2.05) is 0 Å². The number of nitro benzene ring substituents is 1. The average molecular weight is 291 g/mol. The second-order valence-electron chi connectivity index (χ2n) is 4.16. The largest absolute Gasteiger partial charge is 0.316 e. The molecule has 0 aliphatic heterocycles. The summed E-state index contributed by atoms with van der Waals surface area (Å²) in [6.45, 7) is 1.69. The van der Waals surface area contributed by atoms with Crippen molar-refractivity contribution in [3.05, 3.63) is 68.7 Å². The van der Waals surface area contributed by atoms with Gasteiger partial charge in [-0.15, -0.1) is 0 Å². The summed E-state index contributed by atoms with van der Waals surface area (Å²) in [5, 5.41) is 13.8. The van der Waals surface area contributed by atoms with E-state index in [0.29, 0.717) is 10.6 Å². The minimum atomic E-state index is -0.533. The molecule has 0 heterocycles. The van der Waals surface area contributed by atoms with Crippen LogP contribution >= 0.6 is 11.6 Å². The van der Waals surface area contributed by atoms with E-state index in [0.717, 1.165) is 0 Å². The molecule has 0 aliphatic carbocycles.